The number of carbonyl (C=O) groups is 1. The van der Waals surface area contributed by atoms with Crippen LogP contribution in [0.2, 0.25) is 0 Å². The summed E-state index contributed by atoms with van der Waals surface area (Å²) in [6, 6.07) is 28.6. The quantitative estimate of drug-likeness (QED) is 0.694. The summed E-state index contributed by atoms with van der Waals surface area (Å²) in [6.45, 7) is 1.82. The van der Waals surface area contributed by atoms with Crippen molar-refractivity contribution in [1.29, 1.82) is 5.26 Å². The van der Waals surface area contributed by atoms with Crippen LogP contribution in [0, 0.1) is 11.3 Å². The largest absolute Gasteiger partial charge is 0.324 e. The zero-order valence-corrected chi connectivity index (χ0v) is 15.1. The third-order valence-electron chi connectivity index (χ3n) is 4.38. The van der Waals surface area contributed by atoms with E-state index in [0.717, 1.165) is 11.1 Å². The number of amides is 1. The van der Waals surface area contributed by atoms with Gasteiger partial charge in [0.2, 0.25) is 5.91 Å². The van der Waals surface area contributed by atoms with Crippen LogP contribution in [0.3, 0.4) is 0 Å². The fourth-order valence-electron chi connectivity index (χ4n) is 2.93. The number of para-hydroxylation sites is 1. The second kappa shape index (κ2) is 8.79. The Morgan fingerprint density at radius 2 is 1.37 bits per heavy atom. The fourth-order valence-corrected chi connectivity index (χ4v) is 2.93. The molecule has 0 fully saturated rings. The molecule has 0 spiro atoms. The molecule has 0 radical (unpaired) electrons. The van der Waals surface area contributed by atoms with Crippen molar-refractivity contribution in [2.24, 2.45) is 0 Å². The summed E-state index contributed by atoms with van der Waals surface area (Å²) in [7, 11) is 0. The summed E-state index contributed by atoms with van der Waals surface area (Å²) in [5.74, 6) is -0.186. The standard InChI is InChI=1S/C23H21N3O/c1-17(23(27)26-21-15-9-8-14-20(21)16-24)25-22(18-10-4-2-5-11-18)19-12-6-3-7-13-19/h2-15,17,22,25H,1H3,(H,26,27)/t17-/m0/s1. The Balaban J connectivity index is 1.79. The van der Waals surface area contributed by atoms with Crippen LogP contribution in [0.1, 0.15) is 29.7 Å². The molecule has 0 saturated carbocycles. The van der Waals surface area contributed by atoms with E-state index in [1.54, 1.807) is 24.3 Å². The Hall–Kier alpha value is -3.42. The zero-order valence-electron chi connectivity index (χ0n) is 15.1. The predicted octanol–water partition coefficient (Wildman–Crippen LogP) is 4.26. The highest BCUT2D eigenvalue weighted by Gasteiger charge is 2.21. The summed E-state index contributed by atoms with van der Waals surface area (Å²) < 4.78 is 0. The molecule has 0 saturated heterocycles. The molecule has 0 unspecified atom stereocenters. The van der Waals surface area contributed by atoms with Crippen molar-refractivity contribution in [2.75, 3.05) is 5.32 Å². The van der Waals surface area contributed by atoms with Crippen molar-refractivity contribution >= 4 is 11.6 Å². The molecule has 0 aliphatic carbocycles. The summed E-state index contributed by atoms with van der Waals surface area (Å²) in [6.07, 6.45) is 0. The van der Waals surface area contributed by atoms with Gasteiger partial charge in [-0.2, -0.15) is 5.26 Å². The highest BCUT2D eigenvalue weighted by molar-refractivity contribution is 5.95. The van der Waals surface area contributed by atoms with Crippen LogP contribution < -0.4 is 10.6 Å². The number of hydrogen-bond donors (Lipinski definition) is 2. The molecule has 134 valence electrons. The van der Waals surface area contributed by atoms with Crippen molar-refractivity contribution in [3.05, 3.63) is 102 Å². The van der Waals surface area contributed by atoms with Gasteiger partial charge in [-0.05, 0) is 30.2 Å². The SMILES string of the molecule is C[C@H](NC(c1ccccc1)c1ccccc1)C(=O)Nc1ccccc1C#N. The van der Waals surface area contributed by atoms with Crippen molar-refractivity contribution in [3.8, 4) is 6.07 Å². The van der Waals surface area contributed by atoms with E-state index in [0.29, 0.717) is 11.3 Å². The number of benzene rings is 3. The normalized spacial score (nSPS) is 11.6. The van der Waals surface area contributed by atoms with Gasteiger partial charge in [0, 0.05) is 0 Å². The van der Waals surface area contributed by atoms with E-state index in [9.17, 15) is 10.1 Å². The van der Waals surface area contributed by atoms with Crippen LogP contribution in [-0.2, 0) is 4.79 Å². The summed E-state index contributed by atoms with van der Waals surface area (Å²) in [5, 5.41) is 15.5. The minimum absolute atomic E-state index is 0.112. The molecule has 3 aromatic rings. The monoisotopic (exact) mass is 355 g/mol. The van der Waals surface area contributed by atoms with Gasteiger partial charge in [-0.25, -0.2) is 0 Å². The van der Waals surface area contributed by atoms with Crippen molar-refractivity contribution in [1.82, 2.24) is 5.32 Å². The maximum absolute atomic E-state index is 12.7. The number of anilines is 1. The molecular formula is C23H21N3O. The topological polar surface area (TPSA) is 64.9 Å². The summed E-state index contributed by atoms with van der Waals surface area (Å²) >= 11 is 0. The number of hydrogen-bond acceptors (Lipinski definition) is 3. The minimum atomic E-state index is -0.456. The molecule has 0 heterocycles. The highest BCUT2D eigenvalue weighted by Crippen LogP contribution is 2.23. The number of rotatable bonds is 6. The van der Waals surface area contributed by atoms with Gasteiger partial charge in [-0.15, -0.1) is 0 Å². The van der Waals surface area contributed by atoms with E-state index in [-0.39, 0.29) is 11.9 Å². The van der Waals surface area contributed by atoms with Gasteiger partial charge in [-0.1, -0.05) is 72.8 Å². The molecule has 0 aliphatic heterocycles. The first-order valence-electron chi connectivity index (χ1n) is 8.85. The van der Waals surface area contributed by atoms with Gasteiger partial charge < -0.3 is 5.32 Å². The number of nitrogens with zero attached hydrogens (tertiary/aromatic N) is 1. The lowest BCUT2D eigenvalue weighted by Crippen LogP contribution is -2.40. The van der Waals surface area contributed by atoms with E-state index >= 15 is 0 Å². The Labute approximate surface area is 159 Å². The molecule has 0 bridgehead atoms. The Morgan fingerprint density at radius 1 is 0.852 bits per heavy atom. The molecule has 27 heavy (non-hydrogen) atoms. The van der Waals surface area contributed by atoms with Crippen molar-refractivity contribution in [2.45, 2.75) is 19.0 Å². The Kier molecular flexibility index (Phi) is 5.98. The lowest BCUT2D eigenvalue weighted by atomic mass is 9.98. The lowest BCUT2D eigenvalue weighted by molar-refractivity contribution is -0.117. The fraction of sp³-hybridized carbons (Fsp3) is 0.130. The first kappa shape index (κ1) is 18.4. The van der Waals surface area contributed by atoms with E-state index in [4.69, 9.17) is 0 Å². The zero-order chi connectivity index (χ0) is 19.1. The van der Waals surface area contributed by atoms with E-state index in [1.807, 2.05) is 67.6 Å². The molecule has 3 aromatic carbocycles. The molecule has 2 N–H and O–H groups in total. The molecular weight excluding hydrogens is 334 g/mol. The molecule has 4 nitrogen and oxygen atoms in total. The molecule has 0 aliphatic rings. The second-order valence-electron chi connectivity index (χ2n) is 6.29. The average Bonchev–Trinajstić information content (AvgIpc) is 2.73. The lowest BCUT2D eigenvalue weighted by Gasteiger charge is -2.24. The average molecular weight is 355 g/mol. The molecule has 4 heteroatoms. The summed E-state index contributed by atoms with van der Waals surface area (Å²) in [5.41, 5.74) is 3.14. The van der Waals surface area contributed by atoms with Crippen LogP contribution in [0.15, 0.2) is 84.9 Å². The maximum Gasteiger partial charge on any atom is 0.241 e. The number of nitrogens with one attached hydrogen (secondary N) is 2. The number of carbonyl (C=O) groups excluding carboxylic acids is 1. The third kappa shape index (κ3) is 4.60. The first-order chi connectivity index (χ1) is 13.2. The van der Waals surface area contributed by atoms with Crippen LogP contribution in [0.25, 0.3) is 0 Å². The van der Waals surface area contributed by atoms with Gasteiger partial charge in [0.25, 0.3) is 0 Å². The van der Waals surface area contributed by atoms with Crippen LogP contribution >= 0.6 is 0 Å². The first-order valence-corrected chi connectivity index (χ1v) is 8.85. The smallest absolute Gasteiger partial charge is 0.241 e. The van der Waals surface area contributed by atoms with Gasteiger partial charge in [0.1, 0.15) is 6.07 Å². The van der Waals surface area contributed by atoms with Gasteiger partial charge in [0.15, 0.2) is 0 Å². The maximum atomic E-state index is 12.7. The summed E-state index contributed by atoms with van der Waals surface area (Å²) in [4.78, 5) is 12.7. The number of nitriles is 1. The van der Waals surface area contributed by atoms with Gasteiger partial charge in [0.05, 0.1) is 23.3 Å². The molecule has 1 amide bonds. The Morgan fingerprint density at radius 3 is 1.93 bits per heavy atom. The molecule has 3 rings (SSSR count). The van der Waals surface area contributed by atoms with Gasteiger partial charge >= 0.3 is 0 Å². The van der Waals surface area contributed by atoms with Crippen LogP contribution in [-0.4, -0.2) is 11.9 Å². The third-order valence-corrected chi connectivity index (χ3v) is 4.38. The van der Waals surface area contributed by atoms with E-state index in [2.05, 4.69) is 16.7 Å². The Bertz CT molecular complexity index is 893. The van der Waals surface area contributed by atoms with E-state index < -0.39 is 6.04 Å². The highest BCUT2D eigenvalue weighted by atomic mass is 16.2. The van der Waals surface area contributed by atoms with Crippen LogP contribution in [0.5, 0.6) is 0 Å². The van der Waals surface area contributed by atoms with Crippen molar-refractivity contribution in [3.63, 3.8) is 0 Å². The van der Waals surface area contributed by atoms with Crippen molar-refractivity contribution < 1.29 is 4.79 Å². The molecule has 0 aromatic heterocycles. The van der Waals surface area contributed by atoms with E-state index in [1.165, 1.54) is 0 Å². The molecule has 1 atom stereocenters. The van der Waals surface area contributed by atoms with Crippen LogP contribution in [0.4, 0.5) is 5.69 Å². The minimum Gasteiger partial charge on any atom is -0.324 e. The predicted molar refractivity (Wildman–Crippen MR) is 107 cm³/mol. The second-order valence-corrected chi connectivity index (χ2v) is 6.29. The van der Waals surface area contributed by atoms with Gasteiger partial charge in [-0.3, -0.25) is 10.1 Å².